The number of fused-ring (bicyclic) bond motifs is 1. The Morgan fingerprint density at radius 2 is 2.00 bits per heavy atom. The highest BCUT2D eigenvalue weighted by Crippen LogP contribution is 2.10. The molecule has 0 saturated carbocycles. The third-order valence-electron chi connectivity index (χ3n) is 2.85. The second kappa shape index (κ2) is 4.47. The van der Waals surface area contributed by atoms with Crippen LogP contribution in [-0.2, 0) is 6.54 Å². The van der Waals surface area contributed by atoms with Crippen molar-refractivity contribution in [3.05, 3.63) is 50.9 Å². The Bertz CT molecular complexity index is 790. The minimum atomic E-state index is -0.260. The quantitative estimate of drug-likeness (QED) is 0.769. The highest BCUT2D eigenvalue weighted by atomic mass is 35.5. The summed E-state index contributed by atoms with van der Waals surface area (Å²) in [5.41, 5.74) is 2.22. The van der Waals surface area contributed by atoms with Crippen molar-refractivity contribution in [2.24, 2.45) is 0 Å². The monoisotopic (exact) mass is 275 g/mol. The molecule has 0 aliphatic carbocycles. The molecule has 19 heavy (non-hydrogen) atoms. The minimum absolute atomic E-state index is 0.260. The van der Waals surface area contributed by atoms with E-state index in [0.717, 1.165) is 11.3 Å². The Balaban J connectivity index is 2.04. The molecule has 0 unspecified atom stereocenters. The lowest BCUT2D eigenvalue weighted by molar-refractivity contribution is 0.600. The zero-order valence-electron chi connectivity index (χ0n) is 10.1. The van der Waals surface area contributed by atoms with Crippen LogP contribution in [0.3, 0.4) is 0 Å². The molecule has 0 radical (unpaired) electrons. The molecule has 3 aromatic rings. The van der Waals surface area contributed by atoms with Crippen molar-refractivity contribution in [1.82, 2.24) is 25.2 Å². The van der Waals surface area contributed by atoms with Gasteiger partial charge in [0.1, 0.15) is 5.52 Å². The van der Waals surface area contributed by atoms with Crippen molar-refractivity contribution in [1.29, 1.82) is 0 Å². The maximum atomic E-state index is 12.2. The van der Waals surface area contributed by atoms with Crippen molar-refractivity contribution in [3.63, 3.8) is 0 Å². The van der Waals surface area contributed by atoms with Crippen LogP contribution in [-0.4, -0.2) is 25.2 Å². The molecule has 0 fully saturated rings. The van der Waals surface area contributed by atoms with Gasteiger partial charge < -0.3 is 0 Å². The average Bonchev–Trinajstić information content (AvgIpc) is 2.78. The van der Waals surface area contributed by atoms with E-state index in [4.69, 9.17) is 11.6 Å². The fraction of sp³-hybridized carbons (Fsp3) is 0.167. The van der Waals surface area contributed by atoms with Crippen LogP contribution in [0.2, 0.25) is 5.02 Å². The van der Waals surface area contributed by atoms with Crippen molar-refractivity contribution < 1.29 is 0 Å². The smallest absolute Gasteiger partial charge is 0.280 e. The summed E-state index contributed by atoms with van der Waals surface area (Å²) in [6.45, 7) is 2.14. The van der Waals surface area contributed by atoms with Gasteiger partial charge in [0, 0.05) is 5.02 Å². The van der Waals surface area contributed by atoms with Gasteiger partial charge in [-0.3, -0.25) is 9.89 Å². The number of halogens is 1. The van der Waals surface area contributed by atoms with Crippen molar-refractivity contribution in [2.75, 3.05) is 0 Å². The van der Waals surface area contributed by atoms with Gasteiger partial charge in [0.25, 0.3) is 5.56 Å². The molecule has 0 bridgehead atoms. The van der Waals surface area contributed by atoms with Gasteiger partial charge >= 0.3 is 0 Å². The predicted molar refractivity (Wildman–Crippen MR) is 71.2 cm³/mol. The molecule has 96 valence electrons. The van der Waals surface area contributed by atoms with Crippen LogP contribution in [0.5, 0.6) is 0 Å². The number of aryl methyl sites for hydroxylation is 1. The van der Waals surface area contributed by atoms with Gasteiger partial charge in [-0.05, 0) is 24.6 Å². The van der Waals surface area contributed by atoms with Gasteiger partial charge in [-0.1, -0.05) is 28.9 Å². The predicted octanol–water partition coefficient (Wildman–Crippen LogP) is 1.52. The Labute approximate surface area is 113 Å². The number of nitrogens with one attached hydrogen (secondary N) is 1. The molecule has 0 aliphatic rings. The Morgan fingerprint density at radius 3 is 2.74 bits per heavy atom. The number of hydrogen-bond donors (Lipinski definition) is 1. The van der Waals surface area contributed by atoms with E-state index in [1.807, 2.05) is 12.1 Å². The summed E-state index contributed by atoms with van der Waals surface area (Å²) in [6.07, 6.45) is 0. The van der Waals surface area contributed by atoms with Gasteiger partial charge in [0.2, 0.25) is 0 Å². The Kier molecular flexibility index (Phi) is 2.79. The van der Waals surface area contributed by atoms with E-state index in [1.165, 1.54) is 4.68 Å². The second-order valence-corrected chi connectivity index (χ2v) is 4.66. The number of hydrogen-bond acceptors (Lipinski definition) is 4. The third kappa shape index (κ3) is 2.10. The molecule has 0 amide bonds. The third-order valence-corrected chi connectivity index (χ3v) is 3.10. The number of benzene rings is 1. The van der Waals surface area contributed by atoms with E-state index in [-0.39, 0.29) is 5.56 Å². The molecule has 0 spiro atoms. The number of nitrogens with zero attached hydrogens (tertiary/aromatic N) is 4. The van der Waals surface area contributed by atoms with E-state index in [2.05, 4.69) is 20.5 Å². The highest BCUT2D eigenvalue weighted by Gasteiger charge is 2.10. The zero-order valence-corrected chi connectivity index (χ0v) is 10.8. The summed E-state index contributed by atoms with van der Waals surface area (Å²) in [7, 11) is 0. The topological polar surface area (TPSA) is 76.5 Å². The van der Waals surface area contributed by atoms with E-state index in [9.17, 15) is 4.79 Å². The lowest BCUT2D eigenvalue weighted by atomic mass is 10.2. The van der Waals surface area contributed by atoms with Crippen LogP contribution >= 0.6 is 11.6 Å². The number of rotatable bonds is 2. The zero-order chi connectivity index (χ0) is 13.4. The summed E-state index contributed by atoms with van der Waals surface area (Å²) < 4.78 is 1.28. The van der Waals surface area contributed by atoms with E-state index >= 15 is 0 Å². The molecule has 3 rings (SSSR count). The minimum Gasteiger partial charge on any atom is -0.280 e. The first-order chi connectivity index (χ1) is 9.15. The van der Waals surface area contributed by atoms with Gasteiger partial charge in [0.15, 0.2) is 5.52 Å². The summed E-state index contributed by atoms with van der Waals surface area (Å²) in [5, 5.41) is 15.3. The normalized spacial score (nSPS) is 11.1. The number of H-pyrrole nitrogens is 1. The lowest BCUT2D eigenvalue weighted by Gasteiger charge is -2.03. The van der Waals surface area contributed by atoms with E-state index < -0.39 is 0 Å². The molecular formula is C12H10ClN5O. The molecular weight excluding hydrogens is 266 g/mol. The van der Waals surface area contributed by atoms with Crippen LogP contribution in [0, 0.1) is 6.92 Å². The van der Waals surface area contributed by atoms with Gasteiger partial charge in [0.05, 0.1) is 12.2 Å². The molecule has 2 aromatic heterocycles. The molecule has 0 aliphatic heterocycles. The first kappa shape index (κ1) is 11.9. The molecule has 1 aromatic carbocycles. The summed E-state index contributed by atoms with van der Waals surface area (Å²) in [4.78, 5) is 12.2. The Morgan fingerprint density at radius 1 is 1.26 bits per heavy atom. The van der Waals surface area contributed by atoms with Crippen LogP contribution < -0.4 is 5.56 Å². The summed E-state index contributed by atoms with van der Waals surface area (Å²) in [5.74, 6) is 0. The summed E-state index contributed by atoms with van der Waals surface area (Å²) in [6, 6.07) is 7.23. The van der Waals surface area contributed by atoms with Crippen molar-refractivity contribution >= 4 is 22.6 Å². The second-order valence-electron chi connectivity index (χ2n) is 4.22. The molecule has 0 saturated heterocycles. The maximum absolute atomic E-state index is 12.2. The number of aromatic nitrogens is 5. The lowest BCUT2D eigenvalue weighted by Crippen LogP contribution is -2.24. The van der Waals surface area contributed by atoms with Gasteiger partial charge in [-0.15, -0.1) is 5.10 Å². The first-order valence-corrected chi connectivity index (χ1v) is 6.06. The van der Waals surface area contributed by atoms with Crippen LogP contribution in [0.1, 0.15) is 11.3 Å². The largest absolute Gasteiger partial charge is 0.298 e. The molecule has 7 heteroatoms. The van der Waals surface area contributed by atoms with E-state index in [1.54, 1.807) is 19.1 Å². The molecule has 0 atom stereocenters. The van der Waals surface area contributed by atoms with E-state index in [0.29, 0.717) is 22.6 Å². The summed E-state index contributed by atoms with van der Waals surface area (Å²) >= 11 is 5.82. The SMILES string of the molecule is Cc1[nH]nc2c(=O)n(Cc3ccc(Cl)cc3)nnc12. The van der Waals surface area contributed by atoms with Gasteiger partial charge in [-0.2, -0.15) is 5.10 Å². The molecule has 2 heterocycles. The first-order valence-electron chi connectivity index (χ1n) is 5.68. The average molecular weight is 276 g/mol. The number of aromatic amines is 1. The molecule has 6 nitrogen and oxygen atoms in total. The van der Waals surface area contributed by atoms with Crippen LogP contribution in [0.15, 0.2) is 29.1 Å². The standard InChI is InChI=1S/C12H10ClN5O/c1-7-10-11(15-14-7)12(19)18(17-16-10)6-8-2-4-9(13)5-3-8/h2-5H,6H2,1H3,(H,14,15). The van der Waals surface area contributed by atoms with Crippen LogP contribution in [0.25, 0.3) is 11.0 Å². The van der Waals surface area contributed by atoms with Crippen molar-refractivity contribution in [3.8, 4) is 0 Å². The van der Waals surface area contributed by atoms with Crippen LogP contribution in [0.4, 0.5) is 0 Å². The highest BCUT2D eigenvalue weighted by molar-refractivity contribution is 6.30. The maximum Gasteiger partial charge on any atom is 0.298 e. The molecule has 1 N–H and O–H groups in total. The fourth-order valence-corrected chi connectivity index (χ4v) is 1.95. The van der Waals surface area contributed by atoms with Gasteiger partial charge in [-0.25, -0.2) is 4.68 Å². The fourth-order valence-electron chi connectivity index (χ4n) is 1.82. The van der Waals surface area contributed by atoms with Crippen molar-refractivity contribution in [2.45, 2.75) is 13.5 Å². The Hall–Kier alpha value is -2.21.